The Labute approximate surface area is 236 Å². The SMILES string of the molecule is C.CCN(CC)[C@@H](C)CCC(=O)c1cc(-c2cnn3ccc(-c4cccs4)nc23)nc(N2CC(N(C)C)C2)c1. The minimum atomic E-state index is 0. The molecule has 0 spiro atoms. The molecule has 8 nitrogen and oxygen atoms in total. The molecule has 5 heterocycles. The summed E-state index contributed by atoms with van der Waals surface area (Å²) >= 11 is 1.66. The second-order valence-electron chi connectivity index (χ2n) is 10.3. The van der Waals surface area contributed by atoms with Crippen LogP contribution in [0.3, 0.4) is 0 Å². The van der Waals surface area contributed by atoms with Gasteiger partial charge < -0.3 is 14.7 Å². The molecule has 208 valence electrons. The van der Waals surface area contributed by atoms with E-state index in [1.807, 2.05) is 36.7 Å². The number of hydrogen-bond acceptors (Lipinski definition) is 8. The summed E-state index contributed by atoms with van der Waals surface area (Å²) in [5.74, 6) is 0.997. The van der Waals surface area contributed by atoms with Gasteiger partial charge in [0.25, 0.3) is 0 Å². The van der Waals surface area contributed by atoms with Crippen LogP contribution in [0.2, 0.25) is 0 Å². The number of aromatic nitrogens is 4. The van der Waals surface area contributed by atoms with Crippen LogP contribution < -0.4 is 4.90 Å². The molecule has 9 heteroatoms. The lowest BCUT2D eigenvalue weighted by atomic mass is 10.0. The Kier molecular flexibility index (Phi) is 9.15. The minimum absolute atomic E-state index is 0. The molecular weight excluding hydrogens is 506 g/mol. The fraction of sp³-hybridized carbons (Fsp3) is 0.467. The summed E-state index contributed by atoms with van der Waals surface area (Å²) in [5.41, 5.74) is 3.92. The normalized spacial score (nSPS) is 14.6. The summed E-state index contributed by atoms with van der Waals surface area (Å²) in [6.07, 6.45) is 5.09. The van der Waals surface area contributed by atoms with Gasteiger partial charge in [0.05, 0.1) is 28.0 Å². The smallest absolute Gasteiger partial charge is 0.165 e. The molecular formula is C30H41N7OS. The van der Waals surface area contributed by atoms with Crippen molar-refractivity contribution in [2.75, 3.05) is 45.2 Å². The van der Waals surface area contributed by atoms with E-state index in [4.69, 9.17) is 9.97 Å². The third-order valence-corrected chi connectivity index (χ3v) is 8.59. The van der Waals surface area contributed by atoms with Crippen molar-refractivity contribution in [1.29, 1.82) is 0 Å². The van der Waals surface area contributed by atoms with Gasteiger partial charge in [-0.15, -0.1) is 11.3 Å². The van der Waals surface area contributed by atoms with Crippen molar-refractivity contribution >= 4 is 28.6 Å². The lowest BCUT2D eigenvalue weighted by Crippen LogP contribution is -2.57. The molecule has 1 aliphatic rings. The fourth-order valence-corrected chi connectivity index (χ4v) is 5.77. The number of ketones is 1. The van der Waals surface area contributed by atoms with E-state index in [-0.39, 0.29) is 13.2 Å². The van der Waals surface area contributed by atoms with Crippen LogP contribution in [0.15, 0.2) is 48.1 Å². The van der Waals surface area contributed by atoms with E-state index in [1.54, 1.807) is 15.9 Å². The Morgan fingerprint density at radius 2 is 1.90 bits per heavy atom. The van der Waals surface area contributed by atoms with E-state index in [0.29, 0.717) is 24.1 Å². The summed E-state index contributed by atoms with van der Waals surface area (Å²) in [4.78, 5) is 31.4. The van der Waals surface area contributed by atoms with Gasteiger partial charge in [-0.05, 0) is 70.2 Å². The molecule has 39 heavy (non-hydrogen) atoms. The molecule has 4 aromatic rings. The first-order valence-corrected chi connectivity index (χ1v) is 14.3. The van der Waals surface area contributed by atoms with Crippen LogP contribution in [0.4, 0.5) is 5.82 Å². The number of carbonyl (C=O) groups is 1. The second-order valence-corrected chi connectivity index (χ2v) is 11.2. The first-order valence-electron chi connectivity index (χ1n) is 13.5. The van der Waals surface area contributed by atoms with Crippen LogP contribution in [0.25, 0.3) is 27.5 Å². The highest BCUT2D eigenvalue weighted by Crippen LogP contribution is 2.31. The Balaban J connectivity index is 0.00000353. The summed E-state index contributed by atoms with van der Waals surface area (Å²) in [7, 11) is 4.21. The molecule has 0 aromatic carbocycles. The van der Waals surface area contributed by atoms with Gasteiger partial charge in [-0.3, -0.25) is 4.79 Å². The molecule has 0 aliphatic carbocycles. The predicted octanol–water partition coefficient (Wildman–Crippen LogP) is 5.60. The summed E-state index contributed by atoms with van der Waals surface area (Å²) in [6, 6.07) is 10.8. The molecule has 0 N–H and O–H groups in total. The average molecular weight is 548 g/mol. The van der Waals surface area contributed by atoms with Crippen molar-refractivity contribution in [1.82, 2.24) is 29.4 Å². The van der Waals surface area contributed by atoms with Crippen LogP contribution in [0, 0.1) is 0 Å². The van der Waals surface area contributed by atoms with Gasteiger partial charge in [-0.1, -0.05) is 27.3 Å². The topological polar surface area (TPSA) is 69.9 Å². The van der Waals surface area contributed by atoms with Gasteiger partial charge >= 0.3 is 0 Å². The van der Waals surface area contributed by atoms with Gasteiger partial charge in [-0.25, -0.2) is 14.5 Å². The number of Topliss-reactive ketones (excluding diaryl/α,β-unsaturated/α-hetero) is 1. The molecule has 1 aliphatic heterocycles. The largest absolute Gasteiger partial charge is 0.353 e. The van der Waals surface area contributed by atoms with E-state index in [1.165, 1.54) is 0 Å². The fourth-order valence-electron chi connectivity index (χ4n) is 5.07. The van der Waals surface area contributed by atoms with Crippen molar-refractivity contribution in [3.8, 4) is 21.8 Å². The number of hydrogen-bond donors (Lipinski definition) is 0. The van der Waals surface area contributed by atoms with Crippen LogP contribution in [-0.2, 0) is 0 Å². The summed E-state index contributed by atoms with van der Waals surface area (Å²) in [5, 5.41) is 6.59. The minimum Gasteiger partial charge on any atom is -0.353 e. The highest BCUT2D eigenvalue weighted by atomic mass is 32.1. The highest BCUT2D eigenvalue weighted by Gasteiger charge is 2.30. The third-order valence-electron chi connectivity index (χ3n) is 7.69. The maximum atomic E-state index is 13.5. The zero-order valence-electron chi connectivity index (χ0n) is 23.0. The van der Waals surface area contributed by atoms with Crippen LogP contribution in [-0.4, -0.2) is 87.5 Å². The zero-order valence-corrected chi connectivity index (χ0v) is 23.8. The Bertz CT molecular complexity index is 1390. The number of thiophene rings is 1. The van der Waals surface area contributed by atoms with Gasteiger partial charge in [0.2, 0.25) is 0 Å². The molecule has 0 amide bonds. The lowest BCUT2D eigenvalue weighted by molar-refractivity contribution is 0.0964. The van der Waals surface area contributed by atoms with E-state index in [9.17, 15) is 4.79 Å². The Morgan fingerprint density at radius 1 is 1.13 bits per heavy atom. The van der Waals surface area contributed by atoms with Gasteiger partial charge in [0.15, 0.2) is 11.4 Å². The van der Waals surface area contributed by atoms with Crippen molar-refractivity contribution in [3.63, 3.8) is 0 Å². The van der Waals surface area contributed by atoms with Crippen LogP contribution in [0.5, 0.6) is 0 Å². The van der Waals surface area contributed by atoms with Crippen LogP contribution >= 0.6 is 11.3 Å². The number of nitrogens with zero attached hydrogens (tertiary/aromatic N) is 7. The first-order chi connectivity index (χ1) is 18.4. The molecule has 4 aromatic heterocycles. The number of pyridine rings is 1. The number of likely N-dealkylation sites (N-methyl/N-ethyl adjacent to an activating group) is 1. The zero-order chi connectivity index (χ0) is 26.8. The second kappa shape index (κ2) is 12.4. The molecule has 1 fully saturated rings. The van der Waals surface area contributed by atoms with E-state index < -0.39 is 0 Å². The molecule has 1 saturated heterocycles. The number of carbonyl (C=O) groups excluding carboxylic acids is 1. The molecule has 0 saturated carbocycles. The van der Waals surface area contributed by atoms with E-state index >= 15 is 0 Å². The van der Waals surface area contributed by atoms with Gasteiger partial charge in [0, 0.05) is 43.4 Å². The maximum Gasteiger partial charge on any atom is 0.165 e. The first kappa shape index (κ1) is 28.9. The standard InChI is InChI=1S/C29H37N7OS.CH4/c1-6-34(7-2)20(3)10-11-26(37)21-15-25(31-28(16-21)35-18-22(19-35)33(4)5)23-17-30-36-13-12-24(32-29(23)36)27-9-8-14-38-27;/h8-9,12-17,20,22H,6-7,10-11,18-19H2,1-5H3;1H4/t20-;/m0./s1. The van der Waals surface area contributed by atoms with Crippen LogP contribution in [0.1, 0.15) is 51.4 Å². The summed E-state index contributed by atoms with van der Waals surface area (Å²) < 4.78 is 1.78. The molecule has 1 atom stereocenters. The molecule has 0 radical (unpaired) electrons. The molecule has 5 rings (SSSR count). The van der Waals surface area contributed by atoms with Gasteiger partial charge in [-0.2, -0.15) is 5.10 Å². The van der Waals surface area contributed by atoms with Gasteiger partial charge in [0.1, 0.15) is 5.82 Å². The lowest BCUT2D eigenvalue weighted by Gasteiger charge is -2.43. The van der Waals surface area contributed by atoms with E-state index in [2.05, 4.69) is 66.1 Å². The van der Waals surface area contributed by atoms with Crippen molar-refractivity contribution in [3.05, 3.63) is 53.7 Å². The number of rotatable bonds is 11. The number of fused-ring (bicyclic) bond motifs is 1. The molecule has 0 bridgehead atoms. The third kappa shape index (κ3) is 6.05. The number of anilines is 1. The van der Waals surface area contributed by atoms with Crippen molar-refractivity contribution < 1.29 is 4.79 Å². The van der Waals surface area contributed by atoms with Crippen molar-refractivity contribution in [2.24, 2.45) is 0 Å². The maximum absolute atomic E-state index is 13.5. The predicted molar refractivity (Wildman–Crippen MR) is 162 cm³/mol. The monoisotopic (exact) mass is 547 g/mol. The Morgan fingerprint density at radius 3 is 2.56 bits per heavy atom. The Hall–Kier alpha value is -3.14. The van der Waals surface area contributed by atoms with Crippen molar-refractivity contribution in [2.45, 2.75) is 53.1 Å². The van der Waals surface area contributed by atoms with E-state index in [0.717, 1.165) is 65.9 Å². The highest BCUT2D eigenvalue weighted by molar-refractivity contribution is 7.13. The average Bonchev–Trinajstić information content (AvgIpc) is 3.56. The molecule has 0 unspecified atom stereocenters. The summed E-state index contributed by atoms with van der Waals surface area (Å²) in [6.45, 7) is 10.3. The quantitative estimate of drug-likeness (QED) is 0.226.